The highest BCUT2D eigenvalue weighted by atomic mass is 16.7. The minimum absolute atomic E-state index is 0.235. The molecule has 0 bridgehead atoms. The quantitative estimate of drug-likeness (QED) is 0.864. The van der Waals surface area contributed by atoms with Gasteiger partial charge in [0.15, 0.2) is 0 Å². The van der Waals surface area contributed by atoms with Crippen LogP contribution in [0.15, 0.2) is 41.3 Å². The van der Waals surface area contributed by atoms with Gasteiger partial charge in [-0.1, -0.05) is 0 Å². The predicted octanol–water partition coefficient (Wildman–Crippen LogP) is 3.53. The Morgan fingerprint density at radius 1 is 1.10 bits per heavy atom. The number of rotatable bonds is 3. The van der Waals surface area contributed by atoms with Gasteiger partial charge in [-0.25, -0.2) is 4.79 Å². The van der Waals surface area contributed by atoms with Crippen molar-refractivity contribution in [3.63, 3.8) is 0 Å². The Morgan fingerprint density at radius 2 is 1.62 bits per heavy atom. The Kier molecular flexibility index (Phi) is 3.77. The van der Waals surface area contributed by atoms with E-state index < -0.39 is 17.2 Å². The maximum Gasteiger partial charge on any atom is 0.335 e. The van der Waals surface area contributed by atoms with Crippen molar-refractivity contribution in [2.75, 3.05) is 0 Å². The molecule has 0 radical (unpaired) electrons. The van der Waals surface area contributed by atoms with Gasteiger partial charge in [0.1, 0.15) is 11.2 Å². The highest BCUT2D eigenvalue weighted by Crippen LogP contribution is 2.39. The van der Waals surface area contributed by atoms with Crippen LogP contribution in [0, 0.1) is 0 Å². The lowest BCUT2D eigenvalue weighted by atomic mass is 9.90. The fraction of sp³-hybridized carbons (Fsp3) is 0.375. The van der Waals surface area contributed by atoms with Gasteiger partial charge in [-0.05, 0) is 52.0 Å². The van der Waals surface area contributed by atoms with Crippen molar-refractivity contribution in [1.82, 2.24) is 0 Å². The van der Waals surface area contributed by atoms with Gasteiger partial charge in [-0.3, -0.25) is 4.99 Å². The first-order chi connectivity index (χ1) is 9.71. The number of aromatic carboxylic acids is 1. The summed E-state index contributed by atoms with van der Waals surface area (Å²) < 4.78 is 11.4. The number of hydrogen-bond acceptors (Lipinski definition) is 4. The molecule has 112 valence electrons. The van der Waals surface area contributed by atoms with Crippen molar-refractivity contribution in [1.29, 1.82) is 0 Å². The number of ether oxygens (including phenoxy) is 2. The van der Waals surface area contributed by atoms with Crippen LogP contribution in [0.5, 0.6) is 0 Å². The summed E-state index contributed by atoms with van der Waals surface area (Å²) in [5.41, 5.74) is 0.0812. The molecule has 1 heterocycles. The smallest absolute Gasteiger partial charge is 0.335 e. The van der Waals surface area contributed by atoms with Gasteiger partial charge < -0.3 is 14.6 Å². The molecule has 0 aromatic heterocycles. The van der Waals surface area contributed by atoms with E-state index in [1.54, 1.807) is 24.4 Å². The molecule has 1 fully saturated rings. The number of allylic oxidation sites excluding steroid dienone is 1. The van der Waals surface area contributed by atoms with Crippen molar-refractivity contribution >= 4 is 17.9 Å². The molecule has 0 spiro atoms. The fourth-order valence-electron chi connectivity index (χ4n) is 1.71. The normalized spacial score (nSPS) is 19.1. The van der Waals surface area contributed by atoms with E-state index in [9.17, 15) is 4.79 Å². The van der Waals surface area contributed by atoms with Crippen molar-refractivity contribution < 1.29 is 19.4 Å². The molecule has 1 aliphatic rings. The fourth-order valence-corrected chi connectivity index (χ4v) is 1.71. The number of hydrogen-bond donors (Lipinski definition) is 1. The molecule has 0 amide bonds. The molecule has 1 aliphatic heterocycles. The lowest BCUT2D eigenvalue weighted by molar-refractivity contribution is 0.00578. The Labute approximate surface area is 123 Å². The number of benzene rings is 1. The predicted molar refractivity (Wildman–Crippen MR) is 80.0 cm³/mol. The van der Waals surface area contributed by atoms with Crippen molar-refractivity contribution in [2.24, 2.45) is 4.99 Å². The molecule has 0 atom stereocenters. The van der Waals surface area contributed by atoms with Crippen LogP contribution in [0.3, 0.4) is 0 Å². The first-order valence-electron chi connectivity index (χ1n) is 6.67. The Bertz CT molecular complexity index is 579. The minimum atomic E-state index is -0.954. The Morgan fingerprint density at radius 3 is 2.10 bits per heavy atom. The highest BCUT2D eigenvalue weighted by molar-refractivity contribution is 5.88. The zero-order chi connectivity index (χ0) is 15.7. The number of carboxylic acid groups (broad SMARTS) is 1. The Hall–Kier alpha value is -2.30. The van der Waals surface area contributed by atoms with E-state index in [1.807, 2.05) is 27.7 Å². The summed E-state index contributed by atoms with van der Waals surface area (Å²) in [6.07, 6.45) is 3.23. The standard InChI is InChI=1S/C16H19NO4/c1-15(2)16(3,4)21-13(20-15)9-10-17-12-7-5-11(6-8-12)14(18)19/h5-10H,1-4H3,(H,18,19). The zero-order valence-electron chi connectivity index (χ0n) is 12.6. The average molecular weight is 289 g/mol. The molecule has 1 saturated heterocycles. The first-order valence-corrected chi connectivity index (χ1v) is 6.67. The second kappa shape index (κ2) is 5.24. The zero-order valence-corrected chi connectivity index (χ0v) is 12.6. The Balaban J connectivity index is 2.06. The van der Waals surface area contributed by atoms with Gasteiger partial charge in [0.2, 0.25) is 0 Å². The van der Waals surface area contributed by atoms with Crippen LogP contribution in [-0.2, 0) is 9.47 Å². The van der Waals surface area contributed by atoms with E-state index in [0.717, 1.165) is 0 Å². The molecule has 1 aromatic rings. The van der Waals surface area contributed by atoms with E-state index in [2.05, 4.69) is 4.99 Å². The third-order valence-corrected chi connectivity index (χ3v) is 3.71. The van der Waals surface area contributed by atoms with E-state index in [-0.39, 0.29) is 5.56 Å². The van der Waals surface area contributed by atoms with E-state index in [0.29, 0.717) is 11.6 Å². The SMILES string of the molecule is CC1(C)OC(=CC=Nc2ccc(C(=O)O)cc2)OC1(C)C. The van der Waals surface area contributed by atoms with Gasteiger partial charge in [0.25, 0.3) is 5.95 Å². The highest BCUT2D eigenvalue weighted by Gasteiger charge is 2.48. The third-order valence-electron chi connectivity index (χ3n) is 3.71. The maximum absolute atomic E-state index is 10.7. The molecule has 1 aromatic carbocycles. The summed E-state index contributed by atoms with van der Waals surface area (Å²) in [4.78, 5) is 15.0. The maximum atomic E-state index is 10.7. The van der Waals surface area contributed by atoms with Crippen LogP contribution in [-0.4, -0.2) is 28.5 Å². The van der Waals surface area contributed by atoms with Crippen molar-refractivity contribution in [3.8, 4) is 0 Å². The number of carbonyl (C=O) groups is 1. The monoisotopic (exact) mass is 289 g/mol. The molecule has 0 saturated carbocycles. The van der Waals surface area contributed by atoms with E-state index in [4.69, 9.17) is 14.6 Å². The summed E-state index contributed by atoms with van der Waals surface area (Å²) in [7, 11) is 0. The van der Waals surface area contributed by atoms with Crippen LogP contribution >= 0.6 is 0 Å². The van der Waals surface area contributed by atoms with Crippen LogP contribution < -0.4 is 0 Å². The summed E-state index contributed by atoms with van der Waals surface area (Å²) in [5.74, 6) is -0.527. The summed E-state index contributed by atoms with van der Waals surface area (Å²) >= 11 is 0. The van der Waals surface area contributed by atoms with E-state index in [1.165, 1.54) is 12.1 Å². The molecule has 5 heteroatoms. The molecule has 2 rings (SSSR count). The second-order valence-electron chi connectivity index (χ2n) is 5.84. The van der Waals surface area contributed by atoms with E-state index >= 15 is 0 Å². The molecule has 21 heavy (non-hydrogen) atoms. The van der Waals surface area contributed by atoms with Gasteiger partial charge in [-0.2, -0.15) is 0 Å². The lowest BCUT2D eigenvalue weighted by Gasteiger charge is -2.28. The van der Waals surface area contributed by atoms with Gasteiger partial charge >= 0.3 is 5.97 Å². The minimum Gasteiger partial charge on any atom is -0.478 e. The molecule has 5 nitrogen and oxygen atoms in total. The topological polar surface area (TPSA) is 68.1 Å². The lowest BCUT2D eigenvalue weighted by Crippen LogP contribution is -2.41. The van der Waals surface area contributed by atoms with Crippen molar-refractivity contribution in [3.05, 3.63) is 41.9 Å². The first kappa shape index (κ1) is 15.1. The van der Waals surface area contributed by atoms with Crippen LogP contribution in [0.25, 0.3) is 0 Å². The van der Waals surface area contributed by atoms with Gasteiger partial charge in [-0.15, -0.1) is 0 Å². The summed E-state index contributed by atoms with van der Waals surface area (Å²) in [6.45, 7) is 7.87. The second-order valence-corrected chi connectivity index (χ2v) is 5.84. The number of aliphatic imine (C=N–C) groups is 1. The average Bonchev–Trinajstić information content (AvgIpc) is 2.58. The number of carboxylic acids is 1. The van der Waals surface area contributed by atoms with Gasteiger partial charge in [0.05, 0.1) is 11.3 Å². The number of nitrogens with zero attached hydrogens (tertiary/aromatic N) is 1. The largest absolute Gasteiger partial charge is 0.478 e. The van der Waals surface area contributed by atoms with Crippen LogP contribution in [0.1, 0.15) is 38.1 Å². The molecule has 0 aliphatic carbocycles. The van der Waals surface area contributed by atoms with Crippen LogP contribution in [0.4, 0.5) is 5.69 Å². The summed E-state index contributed by atoms with van der Waals surface area (Å²) in [5, 5.41) is 8.81. The van der Waals surface area contributed by atoms with Crippen molar-refractivity contribution in [2.45, 2.75) is 38.9 Å². The van der Waals surface area contributed by atoms with Crippen LogP contribution in [0.2, 0.25) is 0 Å². The molecular formula is C16H19NO4. The molecule has 0 unspecified atom stereocenters. The summed E-state index contributed by atoms with van der Waals surface area (Å²) in [6, 6.07) is 6.30. The third kappa shape index (κ3) is 3.24. The van der Waals surface area contributed by atoms with Gasteiger partial charge in [0, 0.05) is 12.3 Å². The molecule has 1 N–H and O–H groups in total. The molecular weight excluding hydrogens is 270 g/mol.